The first-order valence-electron chi connectivity index (χ1n) is 7.31. The Morgan fingerprint density at radius 2 is 2.05 bits per heavy atom. The highest BCUT2D eigenvalue weighted by Crippen LogP contribution is 2.29. The van der Waals surface area contributed by atoms with E-state index in [1.807, 2.05) is 11.8 Å². The van der Waals surface area contributed by atoms with Crippen LogP contribution in [-0.4, -0.2) is 41.6 Å². The van der Waals surface area contributed by atoms with Crippen LogP contribution in [0.2, 0.25) is 0 Å². The monoisotopic (exact) mass is 270 g/mol. The third-order valence-corrected chi connectivity index (χ3v) is 3.54. The fourth-order valence-corrected chi connectivity index (χ4v) is 2.11. The van der Waals surface area contributed by atoms with Crippen LogP contribution in [-0.2, 0) is 4.79 Å². The number of rotatable bonds is 9. The topological polar surface area (TPSA) is 69.6 Å². The van der Waals surface area contributed by atoms with E-state index in [-0.39, 0.29) is 18.4 Å². The Balaban J connectivity index is 2.34. The second-order valence-electron chi connectivity index (χ2n) is 5.45. The van der Waals surface area contributed by atoms with Crippen molar-refractivity contribution in [2.24, 2.45) is 11.8 Å². The van der Waals surface area contributed by atoms with Gasteiger partial charge in [-0.15, -0.1) is 0 Å². The molecule has 19 heavy (non-hydrogen) atoms. The highest BCUT2D eigenvalue weighted by molar-refractivity contribution is 5.74. The first-order valence-corrected chi connectivity index (χ1v) is 7.31. The van der Waals surface area contributed by atoms with Crippen LogP contribution in [0.25, 0.3) is 0 Å². The fourth-order valence-electron chi connectivity index (χ4n) is 2.11. The lowest BCUT2D eigenvalue weighted by atomic mass is 10.0. The van der Waals surface area contributed by atoms with Crippen molar-refractivity contribution in [1.29, 1.82) is 0 Å². The highest BCUT2D eigenvalue weighted by Gasteiger charge is 2.26. The zero-order chi connectivity index (χ0) is 14.3. The summed E-state index contributed by atoms with van der Waals surface area (Å²) < 4.78 is 0. The maximum atomic E-state index is 12.1. The molecule has 0 aromatic carbocycles. The van der Waals surface area contributed by atoms with E-state index in [2.05, 4.69) is 12.2 Å². The molecule has 5 nitrogen and oxygen atoms in total. The average molecular weight is 270 g/mol. The molecule has 0 saturated heterocycles. The number of amides is 2. The minimum absolute atomic E-state index is 0.0193. The predicted molar refractivity (Wildman–Crippen MR) is 74.0 cm³/mol. The van der Waals surface area contributed by atoms with Gasteiger partial charge in [-0.1, -0.05) is 20.3 Å². The van der Waals surface area contributed by atoms with Crippen molar-refractivity contribution in [3.8, 4) is 0 Å². The van der Waals surface area contributed by atoms with Crippen molar-refractivity contribution >= 4 is 12.0 Å². The number of hydrogen-bond acceptors (Lipinski definition) is 2. The molecule has 0 aliphatic heterocycles. The molecule has 1 aliphatic rings. The van der Waals surface area contributed by atoms with E-state index in [0.717, 1.165) is 25.9 Å². The Labute approximate surface area is 115 Å². The van der Waals surface area contributed by atoms with Crippen LogP contribution in [0.5, 0.6) is 0 Å². The van der Waals surface area contributed by atoms with E-state index >= 15 is 0 Å². The molecule has 1 atom stereocenters. The molecule has 0 radical (unpaired) electrons. The van der Waals surface area contributed by atoms with Gasteiger partial charge in [-0.2, -0.15) is 0 Å². The summed E-state index contributed by atoms with van der Waals surface area (Å²) in [6.45, 7) is 6.08. The summed E-state index contributed by atoms with van der Waals surface area (Å²) in [6.07, 6.45) is 4.29. The zero-order valence-electron chi connectivity index (χ0n) is 12.0. The average Bonchev–Trinajstić information content (AvgIpc) is 3.17. The number of urea groups is 1. The van der Waals surface area contributed by atoms with Gasteiger partial charge in [0.1, 0.15) is 0 Å². The number of nitrogens with one attached hydrogen (secondary N) is 1. The molecule has 0 bridgehead atoms. The van der Waals surface area contributed by atoms with E-state index in [4.69, 9.17) is 5.11 Å². The molecule has 110 valence electrons. The summed E-state index contributed by atoms with van der Waals surface area (Å²) in [6, 6.07) is -0.0439. The Hall–Kier alpha value is -1.26. The minimum Gasteiger partial charge on any atom is -0.481 e. The standard InChI is InChI=1S/C14H26N2O3/c1-3-7-16(10-12-5-6-12)14(19)15-9-11(4-2)8-13(17)18/h11-12H,3-10H2,1-2H3,(H,15,19)(H,17,18). The molecule has 1 rings (SSSR count). The molecule has 0 spiro atoms. The van der Waals surface area contributed by atoms with Gasteiger partial charge in [-0.25, -0.2) is 4.79 Å². The van der Waals surface area contributed by atoms with Crippen LogP contribution in [0.15, 0.2) is 0 Å². The largest absolute Gasteiger partial charge is 0.481 e. The lowest BCUT2D eigenvalue weighted by molar-refractivity contribution is -0.138. The number of aliphatic carboxylic acids is 1. The van der Waals surface area contributed by atoms with Crippen molar-refractivity contribution in [2.45, 2.75) is 46.0 Å². The summed E-state index contributed by atoms with van der Waals surface area (Å²) in [7, 11) is 0. The SMILES string of the molecule is CCCN(CC1CC1)C(=O)NCC(CC)CC(=O)O. The molecule has 1 unspecified atom stereocenters. The first-order chi connectivity index (χ1) is 9.06. The summed E-state index contributed by atoms with van der Waals surface area (Å²) in [5.41, 5.74) is 0. The maximum Gasteiger partial charge on any atom is 0.317 e. The van der Waals surface area contributed by atoms with E-state index < -0.39 is 5.97 Å². The normalized spacial score (nSPS) is 15.9. The summed E-state index contributed by atoms with van der Waals surface area (Å²) >= 11 is 0. The smallest absolute Gasteiger partial charge is 0.317 e. The van der Waals surface area contributed by atoms with Crippen LogP contribution in [0.4, 0.5) is 4.79 Å². The van der Waals surface area contributed by atoms with Gasteiger partial charge in [0.15, 0.2) is 0 Å². The van der Waals surface area contributed by atoms with E-state index in [9.17, 15) is 9.59 Å². The number of carbonyl (C=O) groups is 2. The highest BCUT2D eigenvalue weighted by atomic mass is 16.4. The van der Waals surface area contributed by atoms with Gasteiger partial charge in [0.25, 0.3) is 0 Å². The molecule has 5 heteroatoms. The molecular formula is C14H26N2O3. The van der Waals surface area contributed by atoms with Gasteiger partial charge >= 0.3 is 12.0 Å². The van der Waals surface area contributed by atoms with Gasteiger partial charge < -0.3 is 15.3 Å². The molecule has 0 aromatic heterocycles. The number of carboxylic acid groups (broad SMARTS) is 1. The number of carbonyl (C=O) groups excluding carboxylic acids is 1. The fraction of sp³-hybridized carbons (Fsp3) is 0.857. The predicted octanol–water partition coefficient (Wildman–Crippen LogP) is 2.32. The maximum absolute atomic E-state index is 12.1. The van der Waals surface area contributed by atoms with Gasteiger partial charge in [0.05, 0.1) is 0 Å². The van der Waals surface area contributed by atoms with Crippen molar-refractivity contribution in [3.05, 3.63) is 0 Å². The van der Waals surface area contributed by atoms with E-state index in [1.165, 1.54) is 12.8 Å². The van der Waals surface area contributed by atoms with Crippen LogP contribution >= 0.6 is 0 Å². The quantitative estimate of drug-likeness (QED) is 0.675. The lowest BCUT2D eigenvalue weighted by Crippen LogP contribution is -2.43. The second-order valence-corrected chi connectivity index (χ2v) is 5.45. The van der Waals surface area contributed by atoms with E-state index in [1.54, 1.807) is 0 Å². The molecule has 2 amide bonds. The van der Waals surface area contributed by atoms with Gasteiger partial charge in [-0.3, -0.25) is 4.79 Å². The second kappa shape index (κ2) is 8.02. The summed E-state index contributed by atoms with van der Waals surface area (Å²) in [5.74, 6) is -0.103. The van der Waals surface area contributed by atoms with Crippen LogP contribution in [0.1, 0.15) is 46.0 Å². The van der Waals surface area contributed by atoms with Crippen LogP contribution in [0.3, 0.4) is 0 Å². The molecule has 1 saturated carbocycles. The Bertz CT molecular complexity index is 303. The van der Waals surface area contributed by atoms with E-state index in [0.29, 0.717) is 12.5 Å². The number of hydrogen-bond donors (Lipinski definition) is 2. The lowest BCUT2D eigenvalue weighted by Gasteiger charge is -2.23. The molecule has 2 N–H and O–H groups in total. The summed E-state index contributed by atoms with van der Waals surface area (Å²) in [4.78, 5) is 24.6. The number of carboxylic acids is 1. The zero-order valence-corrected chi connectivity index (χ0v) is 12.0. The molecular weight excluding hydrogens is 244 g/mol. The molecule has 1 aliphatic carbocycles. The Morgan fingerprint density at radius 1 is 1.37 bits per heavy atom. The molecule has 0 aromatic rings. The number of nitrogens with zero attached hydrogens (tertiary/aromatic N) is 1. The van der Waals surface area contributed by atoms with Gasteiger partial charge in [-0.05, 0) is 31.1 Å². The van der Waals surface area contributed by atoms with Crippen molar-refractivity contribution in [2.75, 3.05) is 19.6 Å². The van der Waals surface area contributed by atoms with Gasteiger partial charge in [0.2, 0.25) is 0 Å². The van der Waals surface area contributed by atoms with Gasteiger partial charge in [0, 0.05) is 26.1 Å². The molecule has 1 fully saturated rings. The minimum atomic E-state index is -0.801. The van der Waals surface area contributed by atoms with Crippen LogP contribution < -0.4 is 5.32 Å². The Morgan fingerprint density at radius 3 is 2.53 bits per heavy atom. The van der Waals surface area contributed by atoms with Crippen molar-refractivity contribution < 1.29 is 14.7 Å². The first kappa shape index (κ1) is 15.8. The third-order valence-electron chi connectivity index (χ3n) is 3.54. The van der Waals surface area contributed by atoms with Crippen LogP contribution in [0, 0.1) is 11.8 Å². The summed E-state index contributed by atoms with van der Waals surface area (Å²) in [5, 5.41) is 11.7. The molecule has 0 heterocycles. The third kappa shape index (κ3) is 6.45. The Kier molecular flexibility index (Phi) is 6.67. The van der Waals surface area contributed by atoms with Crippen molar-refractivity contribution in [3.63, 3.8) is 0 Å². The van der Waals surface area contributed by atoms with Crippen molar-refractivity contribution in [1.82, 2.24) is 10.2 Å².